The molecule has 0 bridgehead atoms. The molecule has 0 aliphatic carbocycles. The number of nitrogens with two attached hydrogens (primary N) is 1. The Kier molecular flexibility index (Phi) is 6.60. The Bertz CT molecular complexity index is 341. The van der Waals surface area contributed by atoms with Gasteiger partial charge in [-0.2, -0.15) is 11.8 Å². The van der Waals surface area contributed by atoms with E-state index in [2.05, 4.69) is 61.0 Å². The summed E-state index contributed by atoms with van der Waals surface area (Å²) in [7, 11) is 0. The number of hydrogen-bond acceptors (Lipinski definition) is 2. The molecule has 0 aromatic heterocycles. The molecule has 2 unspecified atom stereocenters. The lowest BCUT2D eigenvalue weighted by Gasteiger charge is -2.24. The van der Waals surface area contributed by atoms with E-state index in [9.17, 15) is 0 Å². The second-order valence-electron chi connectivity index (χ2n) is 4.77. The van der Waals surface area contributed by atoms with Crippen LogP contribution in [0.4, 0.5) is 0 Å². The Labute approximate surface area is 118 Å². The van der Waals surface area contributed by atoms with Gasteiger partial charge in [-0.05, 0) is 35.8 Å². The van der Waals surface area contributed by atoms with E-state index in [4.69, 9.17) is 5.73 Å². The Balaban J connectivity index is 2.82. The van der Waals surface area contributed by atoms with Crippen LogP contribution in [0.1, 0.15) is 38.0 Å². The van der Waals surface area contributed by atoms with Crippen molar-refractivity contribution in [2.75, 3.05) is 5.75 Å². The van der Waals surface area contributed by atoms with Crippen molar-refractivity contribution in [3.63, 3.8) is 0 Å². The van der Waals surface area contributed by atoms with Crippen LogP contribution < -0.4 is 5.73 Å². The fraction of sp³-hybridized carbons (Fsp3) is 0.571. The third-order valence-electron chi connectivity index (χ3n) is 2.65. The summed E-state index contributed by atoms with van der Waals surface area (Å²) in [5.74, 6) is 1.86. The summed E-state index contributed by atoms with van der Waals surface area (Å²) in [6.07, 6.45) is 1.02. The summed E-state index contributed by atoms with van der Waals surface area (Å²) in [5, 5.41) is 0.403. The van der Waals surface area contributed by atoms with Gasteiger partial charge in [0.2, 0.25) is 0 Å². The molecule has 1 nitrogen and oxygen atoms in total. The number of thioether (sulfide) groups is 1. The van der Waals surface area contributed by atoms with Crippen molar-refractivity contribution < 1.29 is 0 Å². The predicted octanol–water partition coefficient (Wildman–Crippen LogP) is 4.62. The Morgan fingerprint density at radius 1 is 1.35 bits per heavy atom. The van der Waals surface area contributed by atoms with Gasteiger partial charge in [0.05, 0.1) is 0 Å². The normalized spacial score (nSPS) is 14.9. The van der Waals surface area contributed by atoms with Crippen LogP contribution in [0.3, 0.4) is 0 Å². The van der Waals surface area contributed by atoms with Gasteiger partial charge in [-0.25, -0.2) is 0 Å². The largest absolute Gasteiger partial charge is 0.326 e. The van der Waals surface area contributed by atoms with Crippen molar-refractivity contribution in [1.82, 2.24) is 0 Å². The molecule has 1 aromatic rings. The summed E-state index contributed by atoms with van der Waals surface area (Å²) >= 11 is 5.51. The molecule has 1 aromatic carbocycles. The highest BCUT2D eigenvalue weighted by molar-refractivity contribution is 9.10. The van der Waals surface area contributed by atoms with Crippen molar-refractivity contribution >= 4 is 27.7 Å². The van der Waals surface area contributed by atoms with Crippen molar-refractivity contribution in [3.8, 4) is 0 Å². The number of hydrogen-bond donors (Lipinski definition) is 1. The quantitative estimate of drug-likeness (QED) is 0.829. The first-order chi connectivity index (χ1) is 8.04. The average molecular weight is 316 g/mol. The van der Waals surface area contributed by atoms with Gasteiger partial charge in [0.25, 0.3) is 0 Å². The highest BCUT2D eigenvalue weighted by atomic mass is 79.9. The molecule has 0 fully saturated rings. The zero-order valence-corrected chi connectivity index (χ0v) is 13.2. The molecular weight excluding hydrogens is 294 g/mol. The van der Waals surface area contributed by atoms with E-state index in [0.717, 1.165) is 16.6 Å². The molecule has 0 saturated heterocycles. The molecule has 3 heteroatoms. The van der Waals surface area contributed by atoms with Crippen LogP contribution in [0, 0.1) is 5.92 Å². The molecule has 96 valence electrons. The van der Waals surface area contributed by atoms with Gasteiger partial charge in [-0.1, -0.05) is 48.8 Å². The molecule has 0 saturated carbocycles. The van der Waals surface area contributed by atoms with E-state index < -0.39 is 0 Å². The zero-order chi connectivity index (χ0) is 12.8. The third kappa shape index (κ3) is 5.02. The van der Waals surface area contributed by atoms with Crippen molar-refractivity contribution in [3.05, 3.63) is 34.3 Å². The summed E-state index contributed by atoms with van der Waals surface area (Å²) in [5.41, 5.74) is 7.58. The maximum Gasteiger partial charge on any atom is 0.0448 e. The monoisotopic (exact) mass is 315 g/mol. The van der Waals surface area contributed by atoms with Crippen LogP contribution in [-0.2, 0) is 0 Å². The summed E-state index contributed by atoms with van der Waals surface area (Å²) in [4.78, 5) is 0. The fourth-order valence-electron chi connectivity index (χ4n) is 1.66. The summed E-state index contributed by atoms with van der Waals surface area (Å²) < 4.78 is 1.13. The molecular formula is C14H22BrNS. The lowest BCUT2D eigenvalue weighted by Crippen LogP contribution is -2.26. The van der Waals surface area contributed by atoms with Crippen molar-refractivity contribution in [1.29, 1.82) is 0 Å². The standard InChI is InChI=1S/C14H22BrNS/c1-4-13(16)14(17-9-10(2)3)11-6-5-7-12(15)8-11/h5-8,10,13-14H,4,9,16H2,1-3H3. The van der Waals surface area contributed by atoms with Crippen LogP contribution >= 0.6 is 27.7 Å². The van der Waals surface area contributed by atoms with E-state index in [1.54, 1.807) is 0 Å². The topological polar surface area (TPSA) is 26.0 Å². The fourth-order valence-corrected chi connectivity index (χ4v) is 3.45. The van der Waals surface area contributed by atoms with Gasteiger partial charge in [-0.3, -0.25) is 0 Å². The van der Waals surface area contributed by atoms with Gasteiger partial charge >= 0.3 is 0 Å². The molecule has 0 aliphatic rings. The molecule has 0 radical (unpaired) electrons. The smallest absolute Gasteiger partial charge is 0.0448 e. The highest BCUT2D eigenvalue weighted by Crippen LogP contribution is 2.34. The highest BCUT2D eigenvalue weighted by Gasteiger charge is 2.19. The van der Waals surface area contributed by atoms with E-state index in [0.29, 0.717) is 11.2 Å². The maximum absolute atomic E-state index is 6.25. The first-order valence-electron chi connectivity index (χ1n) is 6.17. The molecule has 2 N–H and O–H groups in total. The average Bonchev–Trinajstić information content (AvgIpc) is 2.28. The number of rotatable bonds is 6. The van der Waals surface area contributed by atoms with E-state index in [1.807, 2.05) is 11.8 Å². The number of halogens is 1. The van der Waals surface area contributed by atoms with Gasteiger partial charge in [0.15, 0.2) is 0 Å². The van der Waals surface area contributed by atoms with Crippen LogP contribution in [0.2, 0.25) is 0 Å². The maximum atomic E-state index is 6.25. The Morgan fingerprint density at radius 3 is 2.59 bits per heavy atom. The van der Waals surface area contributed by atoms with E-state index in [-0.39, 0.29) is 6.04 Å². The molecule has 0 spiro atoms. The second-order valence-corrected chi connectivity index (χ2v) is 6.87. The zero-order valence-electron chi connectivity index (χ0n) is 10.8. The first kappa shape index (κ1) is 15.1. The molecule has 1 rings (SSSR count). The van der Waals surface area contributed by atoms with Gasteiger partial charge < -0.3 is 5.73 Å². The molecule has 17 heavy (non-hydrogen) atoms. The van der Waals surface area contributed by atoms with Gasteiger partial charge in [-0.15, -0.1) is 0 Å². The first-order valence-corrected chi connectivity index (χ1v) is 8.01. The van der Waals surface area contributed by atoms with Crippen LogP contribution in [0.25, 0.3) is 0 Å². The van der Waals surface area contributed by atoms with Crippen LogP contribution in [0.15, 0.2) is 28.7 Å². The van der Waals surface area contributed by atoms with Crippen molar-refractivity contribution in [2.24, 2.45) is 11.7 Å². The lowest BCUT2D eigenvalue weighted by atomic mass is 10.0. The van der Waals surface area contributed by atoms with Crippen LogP contribution in [-0.4, -0.2) is 11.8 Å². The van der Waals surface area contributed by atoms with E-state index in [1.165, 1.54) is 5.56 Å². The van der Waals surface area contributed by atoms with Crippen molar-refractivity contribution in [2.45, 2.75) is 38.5 Å². The minimum Gasteiger partial charge on any atom is -0.326 e. The number of benzene rings is 1. The SMILES string of the molecule is CCC(N)C(SCC(C)C)c1cccc(Br)c1. The van der Waals surface area contributed by atoms with Crippen LogP contribution in [0.5, 0.6) is 0 Å². The Hall–Kier alpha value is 0.01000. The lowest BCUT2D eigenvalue weighted by molar-refractivity contribution is 0.630. The molecule has 0 amide bonds. The summed E-state index contributed by atoms with van der Waals surface area (Å²) in [6, 6.07) is 8.75. The molecule has 2 atom stereocenters. The second kappa shape index (κ2) is 7.45. The molecule has 0 heterocycles. The predicted molar refractivity (Wildman–Crippen MR) is 82.4 cm³/mol. The summed E-state index contributed by atoms with van der Waals surface area (Å²) in [6.45, 7) is 6.66. The van der Waals surface area contributed by atoms with Gasteiger partial charge in [0.1, 0.15) is 0 Å². The third-order valence-corrected chi connectivity index (χ3v) is 4.98. The minimum atomic E-state index is 0.230. The minimum absolute atomic E-state index is 0.230. The Morgan fingerprint density at radius 2 is 2.06 bits per heavy atom. The van der Waals surface area contributed by atoms with E-state index >= 15 is 0 Å². The molecule has 0 aliphatic heterocycles. The van der Waals surface area contributed by atoms with Gasteiger partial charge in [0, 0.05) is 15.8 Å².